The van der Waals surface area contributed by atoms with Crippen molar-refractivity contribution in [2.45, 2.75) is 13.5 Å². The highest BCUT2D eigenvalue weighted by Crippen LogP contribution is 2.20. The SMILES string of the molecule is CCOc1ccoc1Cn1cc[nH]c1=S. The second-order valence-corrected chi connectivity index (χ2v) is 3.42. The van der Waals surface area contributed by atoms with Crippen LogP contribution in [0.15, 0.2) is 29.1 Å². The lowest BCUT2D eigenvalue weighted by Gasteiger charge is -2.03. The highest BCUT2D eigenvalue weighted by atomic mass is 32.1. The molecule has 2 rings (SSSR count). The van der Waals surface area contributed by atoms with Gasteiger partial charge in [-0.05, 0) is 19.1 Å². The summed E-state index contributed by atoms with van der Waals surface area (Å²) < 4.78 is 13.3. The number of rotatable bonds is 4. The zero-order valence-corrected chi connectivity index (χ0v) is 9.21. The number of nitrogens with zero attached hydrogens (tertiary/aromatic N) is 1. The van der Waals surface area contributed by atoms with Gasteiger partial charge in [0.05, 0.1) is 19.4 Å². The molecule has 0 aliphatic carbocycles. The maximum absolute atomic E-state index is 5.41. The minimum Gasteiger partial charge on any atom is -0.490 e. The van der Waals surface area contributed by atoms with E-state index in [-0.39, 0.29) is 0 Å². The third kappa shape index (κ3) is 2.12. The first-order valence-corrected chi connectivity index (χ1v) is 5.15. The molecule has 0 aliphatic rings. The fraction of sp³-hybridized carbons (Fsp3) is 0.300. The third-order valence-corrected chi connectivity index (χ3v) is 2.39. The Labute approximate surface area is 92.5 Å². The molecule has 5 heteroatoms. The van der Waals surface area contributed by atoms with Gasteiger partial charge in [0, 0.05) is 18.5 Å². The van der Waals surface area contributed by atoms with Crippen molar-refractivity contribution in [2.24, 2.45) is 0 Å². The molecule has 2 aromatic rings. The average Bonchev–Trinajstić information content (AvgIpc) is 2.80. The van der Waals surface area contributed by atoms with E-state index < -0.39 is 0 Å². The number of ether oxygens (including phenoxy) is 1. The van der Waals surface area contributed by atoms with E-state index in [0.29, 0.717) is 17.9 Å². The molecule has 0 atom stereocenters. The average molecular weight is 224 g/mol. The van der Waals surface area contributed by atoms with E-state index in [1.807, 2.05) is 23.8 Å². The van der Waals surface area contributed by atoms with Crippen LogP contribution < -0.4 is 4.74 Å². The normalized spacial score (nSPS) is 10.5. The molecule has 0 amide bonds. The van der Waals surface area contributed by atoms with Crippen LogP contribution in [0.2, 0.25) is 0 Å². The quantitative estimate of drug-likeness (QED) is 0.812. The molecule has 0 unspecified atom stereocenters. The van der Waals surface area contributed by atoms with Crippen molar-refractivity contribution in [2.75, 3.05) is 6.61 Å². The Morgan fingerprint density at radius 1 is 1.60 bits per heavy atom. The highest BCUT2D eigenvalue weighted by molar-refractivity contribution is 7.71. The molecule has 0 saturated carbocycles. The number of nitrogens with one attached hydrogen (secondary N) is 1. The summed E-state index contributed by atoms with van der Waals surface area (Å²) in [6, 6.07) is 1.81. The predicted octanol–water partition coefficient (Wildman–Crippen LogP) is 2.59. The Bertz CT molecular complexity index is 483. The summed E-state index contributed by atoms with van der Waals surface area (Å²) in [5.41, 5.74) is 0. The number of hydrogen-bond acceptors (Lipinski definition) is 3. The largest absolute Gasteiger partial charge is 0.490 e. The van der Waals surface area contributed by atoms with Crippen LogP contribution in [0.4, 0.5) is 0 Å². The van der Waals surface area contributed by atoms with E-state index in [4.69, 9.17) is 21.4 Å². The monoisotopic (exact) mass is 224 g/mol. The van der Waals surface area contributed by atoms with Gasteiger partial charge in [0.2, 0.25) is 0 Å². The van der Waals surface area contributed by atoms with Crippen molar-refractivity contribution < 1.29 is 9.15 Å². The summed E-state index contributed by atoms with van der Waals surface area (Å²) in [5.74, 6) is 1.56. The second-order valence-electron chi connectivity index (χ2n) is 3.03. The summed E-state index contributed by atoms with van der Waals surface area (Å²) in [6.45, 7) is 3.16. The van der Waals surface area contributed by atoms with Crippen LogP contribution in [0.5, 0.6) is 5.75 Å². The number of aromatic nitrogens is 2. The van der Waals surface area contributed by atoms with Crippen LogP contribution in [0.1, 0.15) is 12.7 Å². The number of hydrogen-bond donors (Lipinski definition) is 1. The number of furan rings is 1. The van der Waals surface area contributed by atoms with Crippen molar-refractivity contribution in [1.82, 2.24) is 9.55 Å². The summed E-state index contributed by atoms with van der Waals surface area (Å²) >= 11 is 5.09. The van der Waals surface area contributed by atoms with Gasteiger partial charge in [-0.1, -0.05) is 0 Å². The smallest absolute Gasteiger partial charge is 0.177 e. The zero-order chi connectivity index (χ0) is 10.7. The summed E-state index contributed by atoms with van der Waals surface area (Å²) in [7, 11) is 0. The van der Waals surface area contributed by atoms with Crippen molar-refractivity contribution in [3.8, 4) is 5.75 Å². The molecule has 0 saturated heterocycles. The molecule has 0 aromatic carbocycles. The van der Waals surface area contributed by atoms with Gasteiger partial charge in [-0.15, -0.1) is 0 Å². The lowest BCUT2D eigenvalue weighted by molar-refractivity contribution is 0.325. The molecule has 0 spiro atoms. The third-order valence-electron chi connectivity index (χ3n) is 2.04. The van der Waals surface area contributed by atoms with Crippen molar-refractivity contribution >= 4 is 12.2 Å². The molecule has 1 N–H and O–H groups in total. The van der Waals surface area contributed by atoms with Gasteiger partial charge in [-0.3, -0.25) is 0 Å². The highest BCUT2D eigenvalue weighted by Gasteiger charge is 2.07. The van der Waals surface area contributed by atoms with Crippen LogP contribution in [-0.4, -0.2) is 16.2 Å². The Morgan fingerprint density at radius 3 is 3.13 bits per heavy atom. The molecule has 0 radical (unpaired) electrons. The van der Waals surface area contributed by atoms with E-state index in [2.05, 4.69) is 4.98 Å². The first-order valence-electron chi connectivity index (χ1n) is 4.74. The molecular formula is C10H12N2O2S. The van der Waals surface area contributed by atoms with Crippen LogP contribution in [0.3, 0.4) is 0 Å². The number of aromatic amines is 1. The minimum atomic E-state index is 0.588. The van der Waals surface area contributed by atoms with Crippen molar-refractivity contribution in [1.29, 1.82) is 0 Å². The van der Waals surface area contributed by atoms with E-state index in [1.165, 1.54) is 0 Å². The van der Waals surface area contributed by atoms with Crippen LogP contribution in [-0.2, 0) is 6.54 Å². The molecule has 2 aromatic heterocycles. The van der Waals surface area contributed by atoms with Crippen LogP contribution in [0.25, 0.3) is 0 Å². The van der Waals surface area contributed by atoms with Gasteiger partial charge in [0.1, 0.15) is 0 Å². The van der Waals surface area contributed by atoms with Crippen LogP contribution in [0, 0.1) is 4.77 Å². The molecular weight excluding hydrogens is 212 g/mol. The predicted molar refractivity (Wildman–Crippen MR) is 58.6 cm³/mol. The fourth-order valence-corrected chi connectivity index (χ4v) is 1.55. The Kier molecular flexibility index (Phi) is 2.91. The second kappa shape index (κ2) is 4.35. The number of H-pyrrole nitrogens is 1. The molecule has 0 aliphatic heterocycles. The Hall–Kier alpha value is -1.49. The topological polar surface area (TPSA) is 43.1 Å². The Morgan fingerprint density at radius 2 is 2.47 bits per heavy atom. The summed E-state index contributed by atoms with van der Waals surface area (Å²) in [5, 5.41) is 0. The van der Waals surface area contributed by atoms with Gasteiger partial charge < -0.3 is 18.7 Å². The summed E-state index contributed by atoms with van der Waals surface area (Å²) in [4.78, 5) is 2.93. The van der Waals surface area contributed by atoms with E-state index >= 15 is 0 Å². The molecule has 2 heterocycles. The molecule has 4 nitrogen and oxygen atoms in total. The lowest BCUT2D eigenvalue weighted by Crippen LogP contribution is -2.00. The standard InChI is InChI=1S/C10H12N2O2S/c1-2-13-8-3-6-14-9(8)7-12-5-4-11-10(12)15/h3-6H,2,7H2,1H3,(H,11,15). The first-order chi connectivity index (χ1) is 7.31. The van der Waals surface area contributed by atoms with Gasteiger partial charge in [-0.2, -0.15) is 0 Å². The molecule has 15 heavy (non-hydrogen) atoms. The first kappa shape index (κ1) is 10.0. The van der Waals surface area contributed by atoms with Gasteiger partial charge in [0.15, 0.2) is 16.3 Å². The Balaban J connectivity index is 2.21. The van der Waals surface area contributed by atoms with E-state index in [9.17, 15) is 0 Å². The van der Waals surface area contributed by atoms with Gasteiger partial charge in [-0.25, -0.2) is 0 Å². The number of imidazole rings is 1. The lowest BCUT2D eigenvalue weighted by atomic mass is 10.4. The maximum Gasteiger partial charge on any atom is 0.177 e. The van der Waals surface area contributed by atoms with E-state index in [1.54, 1.807) is 12.5 Å². The van der Waals surface area contributed by atoms with E-state index in [0.717, 1.165) is 11.5 Å². The maximum atomic E-state index is 5.41. The summed E-state index contributed by atoms with van der Waals surface area (Å²) in [6.07, 6.45) is 5.29. The zero-order valence-electron chi connectivity index (χ0n) is 8.40. The van der Waals surface area contributed by atoms with Gasteiger partial charge in [0.25, 0.3) is 0 Å². The fourth-order valence-electron chi connectivity index (χ4n) is 1.36. The molecule has 0 fully saturated rings. The van der Waals surface area contributed by atoms with Crippen molar-refractivity contribution in [3.63, 3.8) is 0 Å². The van der Waals surface area contributed by atoms with Gasteiger partial charge >= 0.3 is 0 Å². The van der Waals surface area contributed by atoms with Crippen molar-refractivity contribution in [3.05, 3.63) is 35.3 Å². The molecule has 80 valence electrons. The van der Waals surface area contributed by atoms with Crippen LogP contribution >= 0.6 is 12.2 Å². The molecule has 0 bridgehead atoms. The minimum absolute atomic E-state index is 0.588.